The number of rotatable bonds is 3. The summed E-state index contributed by atoms with van der Waals surface area (Å²) in [5.41, 5.74) is 6.06. The first-order valence-electron chi connectivity index (χ1n) is 5.68. The van der Waals surface area contributed by atoms with Crippen LogP contribution >= 0.6 is 11.6 Å². The number of carbonyl (C=O) groups is 2. The lowest BCUT2D eigenvalue weighted by molar-refractivity contribution is -0.150. The summed E-state index contributed by atoms with van der Waals surface area (Å²) in [7, 11) is 0. The Hall–Kier alpha value is -1.79. The number of aliphatic carboxylic acids is 1. The van der Waals surface area contributed by atoms with Gasteiger partial charge < -0.3 is 20.5 Å². The first-order chi connectivity index (χ1) is 9.00. The van der Waals surface area contributed by atoms with Gasteiger partial charge in [-0.3, -0.25) is 4.79 Å². The van der Waals surface area contributed by atoms with E-state index in [4.69, 9.17) is 27.2 Å². The largest absolute Gasteiger partial charge is 0.479 e. The highest BCUT2D eigenvalue weighted by Gasteiger charge is 2.28. The molecule has 0 radical (unpaired) electrons. The zero-order chi connectivity index (χ0) is 14.0. The number of carboxylic acids is 1. The molecule has 1 saturated heterocycles. The molecule has 1 aromatic carbocycles. The Morgan fingerprint density at radius 1 is 1.47 bits per heavy atom. The molecule has 0 aromatic heterocycles. The number of ether oxygens (including phenoxy) is 1. The minimum Gasteiger partial charge on any atom is -0.479 e. The lowest BCUT2D eigenvalue weighted by atomic mass is 10.1. The Morgan fingerprint density at radius 3 is 2.84 bits per heavy atom. The van der Waals surface area contributed by atoms with Crippen LogP contribution < -0.4 is 10.6 Å². The topological polar surface area (TPSA) is 92.9 Å². The monoisotopic (exact) mass is 284 g/mol. The lowest BCUT2D eigenvalue weighted by Gasteiger charge is -2.33. The lowest BCUT2D eigenvalue weighted by Crippen LogP contribution is -2.46. The fourth-order valence-electron chi connectivity index (χ4n) is 2.04. The first-order valence-corrected chi connectivity index (χ1v) is 6.06. The van der Waals surface area contributed by atoms with Crippen LogP contribution in [-0.4, -0.2) is 42.8 Å². The van der Waals surface area contributed by atoms with Crippen molar-refractivity contribution < 1.29 is 19.4 Å². The number of hydrogen-bond acceptors (Lipinski definition) is 4. The number of nitrogens with zero attached hydrogens (tertiary/aromatic N) is 1. The van der Waals surface area contributed by atoms with Crippen molar-refractivity contribution >= 4 is 29.2 Å². The van der Waals surface area contributed by atoms with E-state index in [0.29, 0.717) is 12.2 Å². The van der Waals surface area contributed by atoms with Gasteiger partial charge in [-0.15, -0.1) is 0 Å². The third kappa shape index (κ3) is 2.80. The van der Waals surface area contributed by atoms with Crippen molar-refractivity contribution in [2.75, 3.05) is 24.6 Å². The molecule has 0 bridgehead atoms. The molecule has 102 valence electrons. The fraction of sp³-hybridized carbons (Fsp3) is 0.333. The van der Waals surface area contributed by atoms with E-state index in [9.17, 15) is 9.59 Å². The second-order valence-corrected chi connectivity index (χ2v) is 4.55. The molecule has 1 aliphatic heterocycles. The maximum atomic E-state index is 11.5. The molecule has 7 heteroatoms. The molecule has 1 unspecified atom stereocenters. The summed E-state index contributed by atoms with van der Waals surface area (Å²) in [5, 5.41) is 9.22. The maximum absolute atomic E-state index is 11.5. The summed E-state index contributed by atoms with van der Waals surface area (Å²) in [5.74, 6) is -1.67. The van der Waals surface area contributed by atoms with Gasteiger partial charge in [-0.05, 0) is 12.1 Å². The van der Waals surface area contributed by atoms with Crippen LogP contribution in [0.2, 0.25) is 5.02 Å². The van der Waals surface area contributed by atoms with Gasteiger partial charge in [0.15, 0.2) is 6.10 Å². The van der Waals surface area contributed by atoms with Crippen molar-refractivity contribution in [3.8, 4) is 0 Å². The van der Waals surface area contributed by atoms with Crippen molar-refractivity contribution in [1.82, 2.24) is 0 Å². The van der Waals surface area contributed by atoms with E-state index in [0.717, 1.165) is 0 Å². The number of hydrogen-bond donors (Lipinski definition) is 2. The summed E-state index contributed by atoms with van der Waals surface area (Å²) in [6, 6.07) is 4.95. The van der Waals surface area contributed by atoms with E-state index in [-0.39, 0.29) is 23.7 Å². The van der Waals surface area contributed by atoms with Crippen molar-refractivity contribution in [1.29, 1.82) is 0 Å². The molecule has 1 atom stereocenters. The van der Waals surface area contributed by atoms with Crippen molar-refractivity contribution in [3.63, 3.8) is 0 Å². The number of amides is 1. The molecule has 19 heavy (non-hydrogen) atoms. The third-order valence-corrected chi connectivity index (χ3v) is 3.24. The second-order valence-electron chi connectivity index (χ2n) is 4.14. The van der Waals surface area contributed by atoms with E-state index < -0.39 is 18.0 Å². The van der Waals surface area contributed by atoms with E-state index in [2.05, 4.69) is 0 Å². The van der Waals surface area contributed by atoms with Crippen molar-refractivity contribution in [3.05, 3.63) is 28.8 Å². The van der Waals surface area contributed by atoms with Gasteiger partial charge in [0.1, 0.15) is 0 Å². The first kappa shape index (κ1) is 13.6. The van der Waals surface area contributed by atoms with Crippen LogP contribution in [0.3, 0.4) is 0 Å². The number of carboxylic acid groups (broad SMARTS) is 1. The molecule has 1 heterocycles. The molecular weight excluding hydrogens is 272 g/mol. The van der Waals surface area contributed by atoms with Gasteiger partial charge in [0.25, 0.3) is 5.91 Å². The SMILES string of the molecule is NC(=O)c1c(Cl)cccc1N1CCOC(C(=O)O)C1. The van der Waals surface area contributed by atoms with Gasteiger partial charge >= 0.3 is 5.97 Å². The maximum Gasteiger partial charge on any atom is 0.334 e. The average molecular weight is 285 g/mol. The van der Waals surface area contributed by atoms with Crippen LogP contribution in [-0.2, 0) is 9.53 Å². The second kappa shape index (κ2) is 5.46. The molecule has 0 saturated carbocycles. The number of anilines is 1. The molecule has 1 amide bonds. The van der Waals surface area contributed by atoms with Crippen LogP contribution in [0.1, 0.15) is 10.4 Å². The predicted molar refractivity (Wildman–Crippen MR) is 69.6 cm³/mol. The van der Waals surface area contributed by atoms with Gasteiger partial charge in [0, 0.05) is 6.54 Å². The number of benzene rings is 1. The summed E-state index contributed by atoms with van der Waals surface area (Å²) < 4.78 is 5.13. The Kier molecular flexibility index (Phi) is 3.92. The summed E-state index contributed by atoms with van der Waals surface area (Å²) in [4.78, 5) is 24.2. The van der Waals surface area contributed by atoms with Gasteiger partial charge in [-0.25, -0.2) is 4.79 Å². The van der Waals surface area contributed by atoms with E-state index in [1.165, 1.54) is 0 Å². The molecule has 2 rings (SSSR count). The van der Waals surface area contributed by atoms with Gasteiger partial charge in [0.05, 0.1) is 29.4 Å². The number of nitrogens with two attached hydrogens (primary N) is 1. The summed E-state index contributed by atoms with van der Waals surface area (Å²) in [6.45, 7) is 0.891. The summed E-state index contributed by atoms with van der Waals surface area (Å²) in [6.07, 6.45) is -0.923. The van der Waals surface area contributed by atoms with Crippen molar-refractivity contribution in [2.45, 2.75) is 6.10 Å². The van der Waals surface area contributed by atoms with Gasteiger partial charge in [-0.2, -0.15) is 0 Å². The number of morpholine rings is 1. The minimum absolute atomic E-state index is 0.149. The predicted octanol–water partition coefficient (Wildman–Crippen LogP) is 0.729. The molecular formula is C12H13ClN2O4. The standard InChI is InChI=1S/C12H13ClN2O4/c13-7-2-1-3-8(10(7)11(14)16)15-4-5-19-9(6-15)12(17)18/h1-3,9H,4-6H2,(H2,14,16)(H,17,18). The molecule has 1 aromatic rings. The Labute approximate surface area is 114 Å². The molecule has 1 aliphatic rings. The average Bonchev–Trinajstić information content (AvgIpc) is 2.38. The summed E-state index contributed by atoms with van der Waals surface area (Å²) >= 11 is 5.97. The Morgan fingerprint density at radius 2 is 2.21 bits per heavy atom. The normalized spacial score (nSPS) is 19.2. The minimum atomic E-state index is -1.03. The molecule has 0 spiro atoms. The van der Waals surface area contributed by atoms with Crippen LogP contribution in [0.5, 0.6) is 0 Å². The van der Waals surface area contributed by atoms with Crippen molar-refractivity contribution in [2.24, 2.45) is 5.73 Å². The molecule has 3 N–H and O–H groups in total. The third-order valence-electron chi connectivity index (χ3n) is 2.92. The van der Waals surface area contributed by atoms with E-state index >= 15 is 0 Å². The van der Waals surface area contributed by atoms with Gasteiger partial charge in [-0.1, -0.05) is 17.7 Å². The van der Waals surface area contributed by atoms with E-state index in [1.54, 1.807) is 23.1 Å². The Bertz CT molecular complexity index is 520. The zero-order valence-electron chi connectivity index (χ0n) is 10.0. The molecule has 1 fully saturated rings. The molecule has 6 nitrogen and oxygen atoms in total. The smallest absolute Gasteiger partial charge is 0.334 e. The highest BCUT2D eigenvalue weighted by Crippen LogP contribution is 2.28. The number of primary amides is 1. The van der Waals surface area contributed by atoms with Crippen LogP contribution in [0.4, 0.5) is 5.69 Å². The van der Waals surface area contributed by atoms with Gasteiger partial charge in [0.2, 0.25) is 0 Å². The van der Waals surface area contributed by atoms with E-state index in [1.807, 2.05) is 0 Å². The van der Waals surface area contributed by atoms with Crippen LogP contribution in [0, 0.1) is 0 Å². The fourth-order valence-corrected chi connectivity index (χ4v) is 2.30. The quantitative estimate of drug-likeness (QED) is 0.853. The molecule has 0 aliphatic carbocycles. The highest BCUT2D eigenvalue weighted by molar-refractivity contribution is 6.34. The number of carbonyl (C=O) groups excluding carboxylic acids is 1. The number of halogens is 1. The van der Waals surface area contributed by atoms with Crippen LogP contribution in [0.15, 0.2) is 18.2 Å². The Balaban J connectivity index is 2.34. The van der Waals surface area contributed by atoms with Crippen LogP contribution in [0.25, 0.3) is 0 Å². The highest BCUT2D eigenvalue weighted by atomic mass is 35.5. The zero-order valence-corrected chi connectivity index (χ0v) is 10.8.